The van der Waals surface area contributed by atoms with Crippen LogP contribution in [-0.4, -0.2) is 50.1 Å². The minimum absolute atomic E-state index is 0.0189. The molecule has 0 aliphatic carbocycles. The van der Waals surface area contributed by atoms with Crippen molar-refractivity contribution < 1.29 is 23.1 Å². The van der Waals surface area contributed by atoms with Gasteiger partial charge < -0.3 is 9.84 Å². The number of hydrogen-bond donors (Lipinski definition) is 1. The lowest BCUT2D eigenvalue weighted by atomic mass is 10.1. The van der Waals surface area contributed by atoms with Crippen LogP contribution in [0, 0.1) is 5.92 Å². The van der Waals surface area contributed by atoms with Gasteiger partial charge in [0.25, 0.3) is 10.0 Å². The van der Waals surface area contributed by atoms with E-state index in [0.29, 0.717) is 4.34 Å². The molecular formula is C10H12ClNO5S2. The third-order valence-corrected chi connectivity index (χ3v) is 6.60. The minimum atomic E-state index is -3.74. The Kier molecular flexibility index (Phi) is 4.17. The van der Waals surface area contributed by atoms with Gasteiger partial charge in [-0.05, 0) is 12.1 Å². The number of carboxylic acid groups (broad SMARTS) is 1. The van der Waals surface area contributed by atoms with Gasteiger partial charge in [0.15, 0.2) is 0 Å². The summed E-state index contributed by atoms with van der Waals surface area (Å²) in [6.07, 6.45) is 0. The largest absolute Gasteiger partial charge is 0.481 e. The Hall–Kier alpha value is -0.670. The number of nitrogens with zero attached hydrogens (tertiary/aromatic N) is 1. The molecule has 2 atom stereocenters. The zero-order valence-corrected chi connectivity index (χ0v) is 12.3. The van der Waals surface area contributed by atoms with Crippen molar-refractivity contribution in [3.63, 3.8) is 0 Å². The van der Waals surface area contributed by atoms with E-state index in [4.69, 9.17) is 21.4 Å². The van der Waals surface area contributed by atoms with Crippen molar-refractivity contribution in [3.8, 4) is 0 Å². The van der Waals surface area contributed by atoms with Crippen LogP contribution >= 0.6 is 22.9 Å². The van der Waals surface area contributed by atoms with Gasteiger partial charge in [-0.2, -0.15) is 4.31 Å². The average molecular weight is 326 g/mol. The maximum Gasteiger partial charge on any atom is 0.310 e. The Labute approximate surface area is 119 Å². The molecule has 1 aliphatic heterocycles. The Morgan fingerprint density at radius 1 is 1.53 bits per heavy atom. The number of halogens is 1. The number of sulfonamides is 1. The molecule has 1 aromatic heterocycles. The molecule has 9 heteroatoms. The van der Waals surface area contributed by atoms with E-state index in [1.54, 1.807) is 0 Å². The average Bonchev–Trinajstić information content (AvgIpc) is 2.95. The molecule has 0 saturated carbocycles. The summed E-state index contributed by atoms with van der Waals surface area (Å²) in [6.45, 7) is 0.0941. The highest BCUT2D eigenvalue weighted by Gasteiger charge is 2.41. The number of likely N-dealkylation sites (N-methyl/N-ethyl adjacent to an activating group) is 1. The number of thiophene rings is 1. The lowest BCUT2D eigenvalue weighted by molar-refractivity contribution is -0.142. The van der Waals surface area contributed by atoms with Crippen LogP contribution in [0.5, 0.6) is 0 Å². The lowest BCUT2D eigenvalue weighted by Gasteiger charge is -2.24. The number of hydrogen-bond acceptors (Lipinski definition) is 5. The summed E-state index contributed by atoms with van der Waals surface area (Å²) in [5, 5.41) is 9.05. The monoisotopic (exact) mass is 325 g/mol. The molecule has 2 rings (SSSR count). The molecule has 0 spiro atoms. The Bertz CT molecular complexity index is 584. The lowest BCUT2D eigenvalue weighted by Crippen LogP contribution is -2.43. The Balaban J connectivity index is 2.28. The highest BCUT2D eigenvalue weighted by Crippen LogP contribution is 2.30. The number of carbonyl (C=O) groups is 1. The van der Waals surface area contributed by atoms with Crippen LogP contribution < -0.4 is 0 Å². The van der Waals surface area contributed by atoms with Crippen LogP contribution in [-0.2, 0) is 19.6 Å². The fourth-order valence-electron chi connectivity index (χ4n) is 1.89. The molecular weight excluding hydrogens is 314 g/mol. The molecule has 0 radical (unpaired) electrons. The van der Waals surface area contributed by atoms with Crippen LogP contribution in [0.4, 0.5) is 0 Å². The minimum Gasteiger partial charge on any atom is -0.481 e. The van der Waals surface area contributed by atoms with E-state index in [1.165, 1.54) is 19.2 Å². The molecule has 1 saturated heterocycles. The van der Waals surface area contributed by atoms with Gasteiger partial charge in [-0.1, -0.05) is 11.6 Å². The first-order valence-electron chi connectivity index (χ1n) is 5.38. The topological polar surface area (TPSA) is 83.9 Å². The molecule has 1 fully saturated rings. The SMILES string of the molecule is CN(C1COCC1C(=O)O)S(=O)(=O)c1ccc(Cl)s1. The van der Waals surface area contributed by atoms with Gasteiger partial charge >= 0.3 is 5.97 Å². The van der Waals surface area contributed by atoms with E-state index < -0.39 is 28.0 Å². The molecule has 1 N–H and O–H groups in total. The predicted molar refractivity (Wildman–Crippen MR) is 70.0 cm³/mol. The van der Waals surface area contributed by atoms with Crippen molar-refractivity contribution >= 4 is 38.9 Å². The third-order valence-electron chi connectivity index (χ3n) is 3.02. The van der Waals surface area contributed by atoms with Gasteiger partial charge in [0, 0.05) is 7.05 Å². The van der Waals surface area contributed by atoms with Crippen molar-refractivity contribution in [3.05, 3.63) is 16.5 Å². The smallest absolute Gasteiger partial charge is 0.310 e. The quantitative estimate of drug-likeness (QED) is 0.897. The van der Waals surface area contributed by atoms with E-state index in [9.17, 15) is 13.2 Å². The van der Waals surface area contributed by atoms with Gasteiger partial charge in [-0.15, -0.1) is 11.3 Å². The van der Waals surface area contributed by atoms with Crippen molar-refractivity contribution in [2.75, 3.05) is 20.3 Å². The molecule has 2 heterocycles. The van der Waals surface area contributed by atoms with Crippen molar-refractivity contribution in [1.82, 2.24) is 4.31 Å². The van der Waals surface area contributed by atoms with Crippen LogP contribution in [0.15, 0.2) is 16.3 Å². The second-order valence-electron chi connectivity index (χ2n) is 4.13. The summed E-state index contributed by atoms with van der Waals surface area (Å²) in [7, 11) is -2.38. The maximum atomic E-state index is 12.3. The normalized spacial score (nSPS) is 23.9. The number of aliphatic carboxylic acids is 1. The molecule has 6 nitrogen and oxygen atoms in total. The summed E-state index contributed by atoms with van der Waals surface area (Å²) in [5.41, 5.74) is 0. The van der Waals surface area contributed by atoms with E-state index in [0.717, 1.165) is 15.6 Å². The van der Waals surface area contributed by atoms with Crippen LogP contribution in [0.1, 0.15) is 0 Å². The highest BCUT2D eigenvalue weighted by atomic mass is 35.5. The first-order chi connectivity index (χ1) is 8.84. The molecule has 1 aliphatic rings. The summed E-state index contributed by atoms with van der Waals surface area (Å²) in [4.78, 5) is 11.1. The van der Waals surface area contributed by atoms with E-state index in [2.05, 4.69) is 0 Å². The second kappa shape index (κ2) is 5.37. The first-order valence-corrected chi connectivity index (χ1v) is 8.01. The third kappa shape index (κ3) is 2.77. The van der Waals surface area contributed by atoms with Crippen molar-refractivity contribution in [2.24, 2.45) is 5.92 Å². The first kappa shape index (κ1) is 14.7. The molecule has 0 amide bonds. The van der Waals surface area contributed by atoms with Gasteiger partial charge in [0.05, 0.1) is 29.5 Å². The van der Waals surface area contributed by atoms with Crippen molar-refractivity contribution in [2.45, 2.75) is 10.3 Å². The Morgan fingerprint density at radius 2 is 2.21 bits per heavy atom. The number of ether oxygens (including phenoxy) is 1. The second-order valence-corrected chi connectivity index (χ2v) is 8.07. The van der Waals surface area contributed by atoms with Crippen LogP contribution in [0.2, 0.25) is 4.34 Å². The van der Waals surface area contributed by atoms with Gasteiger partial charge in [0.2, 0.25) is 0 Å². The summed E-state index contributed by atoms with van der Waals surface area (Å²) in [5.74, 6) is -1.91. The summed E-state index contributed by atoms with van der Waals surface area (Å²) >= 11 is 6.67. The van der Waals surface area contributed by atoms with E-state index >= 15 is 0 Å². The van der Waals surface area contributed by atoms with E-state index in [-0.39, 0.29) is 17.4 Å². The maximum absolute atomic E-state index is 12.3. The molecule has 0 aromatic carbocycles. The molecule has 1 aromatic rings. The van der Waals surface area contributed by atoms with E-state index in [1.807, 2.05) is 0 Å². The summed E-state index contributed by atoms with van der Waals surface area (Å²) < 4.78 is 31.3. The molecule has 19 heavy (non-hydrogen) atoms. The van der Waals surface area contributed by atoms with Crippen LogP contribution in [0.3, 0.4) is 0 Å². The predicted octanol–water partition coefficient (Wildman–Crippen LogP) is 1.12. The molecule has 2 unspecified atom stereocenters. The number of rotatable bonds is 4. The summed E-state index contributed by atoms with van der Waals surface area (Å²) in [6, 6.07) is 2.19. The van der Waals surface area contributed by atoms with Crippen LogP contribution in [0.25, 0.3) is 0 Å². The fraction of sp³-hybridized carbons (Fsp3) is 0.500. The standard InChI is InChI=1S/C10H12ClNO5S2/c1-12(7-5-17-4-6(7)10(13)14)19(15,16)9-3-2-8(11)18-9/h2-3,6-7H,4-5H2,1H3,(H,13,14). The van der Waals surface area contributed by atoms with Gasteiger partial charge in [0.1, 0.15) is 4.21 Å². The number of carboxylic acids is 1. The van der Waals surface area contributed by atoms with Gasteiger partial charge in [-0.3, -0.25) is 4.79 Å². The zero-order chi connectivity index (χ0) is 14.2. The fourth-order valence-corrected chi connectivity index (χ4v) is 4.94. The Morgan fingerprint density at radius 3 is 2.74 bits per heavy atom. The highest BCUT2D eigenvalue weighted by molar-refractivity contribution is 7.91. The van der Waals surface area contributed by atoms with Gasteiger partial charge in [-0.25, -0.2) is 8.42 Å². The zero-order valence-electron chi connectivity index (χ0n) is 9.95. The van der Waals surface area contributed by atoms with Crippen molar-refractivity contribution in [1.29, 1.82) is 0 Å². The molecule has 106 valence electrons. The molecule has 0 bridgehead atoms.